The van der Waals surface area contributed by atoms with Gasteiger partial charge in [0.1, 0.15) is 17.1 Å². The van der Waals surface area contributed by atoms with Gasteiger partial charge in [0.2, 0.25) is 5.89 Å². The van der Waals surface area contributed by atoms with Crippen LogP contribution >= 0.6 is 0 Å². The lowest BCUT2D eigenvalue weighted by atomic mass is 10.3. The largest absolute Gasteiger partial charge is 0.484 e. The van der Waals surface area contributed by atoms with E-state index in [-0.39, 0.29) is 12.4 Å². The molecule has 3 rings (SSSR count). The van der Waals surface area contributed by atoms with E-state index in [0.29, 0.717) is 28.4 Å². The van der Waals surface area contributed by atoms with Crippen LogP contribution in [0.25, 0.3) is 11.1 Å². The number of oxazole rings is 1. The standard InChI is InChI=1S/C14H11FN2O2/c15-9-4-5-13-12(6-9)17-14(19-13)8-18-11-3-1-2-10(16)7-11/h1-7H,8,16H2. The molecule has 2 N–H and O–H groups in total. The van der Waals surface area contributed by atoms with Gasteiger partial charge < -0.3 is 14.9 Å². The van der Waals surface area contributed by atoms with Gasteiger partial charge >= 0.3 is 0 Å². The van der Waals surface area contributed by atoms with Gasteiger partial charge in [0.25, 0.3) is 0 Å². The minimum Gasteiger partial charge on any atom is -0.484 e. The molecule has 19 heavy (non-hydrogen) atoms. The highest BCUT2D eigenvalue weighted by Gasteiger charge is 2.07. The monoisotopic (exact) mass is 258 g/mol. The van der Waals surface area contributed by atoms with Gasteiger partial charge in [-0.1, -0.05) is 6.07 Å². The Kier molecular flexibility index (Phi) is 2.79. The maximum absolute atomic E-state index is 13.0. The molecule has 3 aromatic rings. The van der Waals surface area contributed by atoms with E-state index in [0.717, 1.165) is 0 Å². The zero-order valence-corrected chi connectivity index (χ0v) is 9.97. The van der Waals surface area contributed by atoms with Crippen LogP contribution in [-0.4, -0.2) is 4.98 Å². The fourth-order valence-corrected chi connectivity index (χ4v) is 1.76. The molecular formula is C14H11FN2O2. The predicted molar refractivity (Wildman–Crippen MR) is 69.2 cm³/mol. The van der Waals surface area contributed by atoms with Gasteiger partial charge in [-0.3, -0.25) is 0 Å². The number of nitrogens with zero attached hydrogens (tertiary/aromatic N) is 1. The normalized spacial score (nSPS) is 10.8. The number of anilines is 1. The molecule has 0 aliphatic carbocycles. The van der Waals surface area contributed by atoms with Crippen molar-refractivity contribution in [3.63, 3.8) is 0 Å². The van der Waals surface area contributed by atoms with Gasteiger partial charge in [-0.15, -0.1) is 0 Å². The summed E-state index contributed by atoms with van der Waals surface area (Å²) in [6.45, 7) is 0.166. The Bertz CT molecular complexity index is 724. The zero-order chi connectivity index (χ0) is 13.2. The first-order valence-corrected chi connectivity index (χ1v) is 5.74. The van der Waals surface area contributed by atoms with Crippen LogP contribution in [0.3, 0.4) is 0 Å². The third kappa shape index (κ3) is 2.49. The van der Waals surface area contributed by atoms with Crippen molar-refractivity contribution < 1.29 is 13.5 Å². The highest BCUT2D eigenvalue weighted by molar-refractivity contribution is 5.72. The molecule has 1 aromatic heterocycles. The predicted octanol–water partition coefficient (Wildman–Crippen LogP) is 3.13. The number of benzene rings is 2. The van der Waals surface area contributed by atoms with E-state index in [1.54, 1.807) is 30.3 Å². The number of nitrogens with two attached hydrogens (primary N) is 1. The van der Waals surface area contributed by atoms with Crippen molar-refractivity contribution in [2.45, 2.75) is 6.61 Å². The zero-order valence-electron chi connectivity index (χ0n) is 9.97. The molecule has 5 heteroatoms. The quantitative estimate of drug-likeness (QED) is 0.733. The van der Waals surface area contributed by atoms with E-state index in [9.17, 15) is 4.39 Å². The summed E-state index contributed by atoms with van der Waals surface area (Å²) in [7, 11) is 0. The summed E-state index contributed by atoms with van der Waals surface area (Å²) < 4.78 is 24.0. The molecule has 0 spiro atoms. The molecule has 0 unspecified atom stereocenters. The van der Waals surface area contributed by atoms with Crippen molar-refractivity contribution in [3.8, 4) is 5.75 Å². The topological polar surface area (TPSA) is 61.3 Å². The summed E-state index contributed by atoms with van der Waals surface area (Å²) in [6.07, 6.45) is 0. The third-order valence-electron chi connectivity index (χ3n) is 2.61. The van der Waals surface area contributed by atoms with Crippen LogP contribution < -0.4 is 10.5 Å². The molecule has 0 amide bonds. The molecule has 0 saturated heterocycles. The number of halogens is 1. The van der Waals surface area contributed by atoms with Gasteiger partial charge in [0.15, 0.2) is 12.2 Å². The number of nitrogen functional groups attached to an aromatic ring is 1. The Hall–Kier alpha value is -2.56. The average Bonchev–Trinajstić information content (AvgIpc) is 2.78. The Morgan fingerprint density at radius 3 is 2.95 bits per heavy atom. The Morgan fingerprint density at radius 2 is 2.11 bits per heavy atom. The van der Waals surface area contributed by atoms with E-state index in [4.69, 9.17) is 14.9 Å². The highest BCUT2D eigenvalue weighted by Crippen LogP contribution is 2.19. The second-order valence-electron chi connectivity index (χ2n) is 4.08. The number of hydrogen-bond acceptors (Lipinski definition) is 4. The Morgan fingerprint density at radius 1 is 1.21 bits per heavy atom. The van der Waals surface area contributed by atoms with Crippen LogP contribution in [0.1, 0.15) is 5.89 Å². The van der Waals surface area contributed by atoms with Crippen molar-refractivity contribution >= 4 is 16.8 Å². The highest BCUT2D eigenvalue weighted by atomic mass is 19.1. The lowest BCUT2D eigenvalue weighted by Crippen LogP contribution is -1.96. The van der Waals surface area contributed by atoms with Crippen molar-refractivity contribution in [2.75, 3.05) is 5.73 Å². The SMILES string of the molecule is Nc1cccc(OCc2nc3cc(F)ccc3o2)c1. The molecule has 0 bridgehead atoms. The number of ether oxygens (including phenoxy) is 1. The molecule has 0 radical (unpaired) electrons. The molecule has 0 atom stereocenters. The molecule has 0 aliphatic rings. The smallest absolute Gasteiger partial charge is 0.233 e. The van der Waals surface area contributed by atoms with Gasteiger partial charge in [-0.2, -0.15) is 0 Å². The number of hydrogen-bond donors (Lipinski definition) is 1. The summed E-state index contributed by atoms with van der Waals surface area (Å²) in [4.78, 5) is 4.15. The molecular weight excluding hydrogens is 247 g/mol. The number of fused-ring (bicyclic) bond motifs is 1. The van der Waals surface area contributed by atoms with Crippen LogP contribution in [0.15, 0.2) is 46.9 Å². The number of rotatable bonds is 3. The van der Waals surface area contributed by atoms with E-state index in [1.807, 2.05) is 0 Å². The second kappa shape index (κ2) is 4.61. The van der Waals surface area contributed by atoms with Gasteiger partial charge in [-0.25, -0.2) is 9.37 Å². The first-order valence-electron chi connectivity index (χ1n) is 5.74. The van der Waals surface area contributed by atoms with Crippen LogP contribution in [0.2, 0.25) is 0 Å². The molecule has 0 fully saturated rings. The fourth-order valence-electron chi connectivity index (χ4n) is 1.76. The number of aromatic nitrogens is 1. The van der Waals surface area contributed by atoms with Gasteiger partial charge in [0.05, 0.1) is 0 Å². The summed E-state index contributed by atoms with van der Waals surface area (Å²) >= 11 is 0. The third-order valence-corrected chi connectivity index (χ3v) is 2.61. The lowest BCUT2D eigenvalue weighted by Gasteiger charge is -2.03. The van der Waals surface area contributed by atoms with E-state index in [1.165, 1.54) is 12.1 Å². The van der Waals surface area contributed by atoms with Crippen LogP contribution in [0.4, 0.5) is 10.1 Å². The van der Waals surface area contributed by atoms with Crippen molar-refractivity contribution in [1.82, 2.24) is 4.98 Å². The van der Waals surface area contributed by atoms with Crippen molar-refractivity contribution in [1.29, 1.82) is 0 Å². The Balaban J connectivity index is 1.78. The van der Waals surface area contributed by atoms with Gasteiger partial charge in [-0.05, 0) is 24.3 Å². The average molecular weight is 258 g/mol. The first-order chi connectivity index (χ1) is 9.20. The fraction of sp³-hybridized carbons (Fsp3) is 0.0714. The van der Waals surface area contributed by atoms with Gasteiger partial charge in [0, 0.05) is 17.8 Å². The lowest BCUT2D eigenvalue weighted by molar-refractivity contribution is 0.267. The molecule has 96 valence electrons. The van der Waals surface area contributed by atoms with E-state index in [2.05, 4.69) is 4.98 Å². The molecule has 0 saturated carbocycles. The van der Waals surface area contributed by atoms with Crippen LogP contribution in [0.5, 0.6) is 5.75 Å². The summed E-state index contributed by atoms with van der Waals surface area (Å²) in [6, 6.07) is 11.3. The van der Waals surface area contributed by atoms with Crippen LogP contribution in [0, 0.1) is 5.82 Å². The summed E-state index contributed by atoms with van der Waals surface area (Å²) in [5.74, 6) is 0.681. The minimum atomic E-state index is -0.343. The second-order valence-corrected chi connectivity index (χ2v) is 4.08. The molecule has 2 aromatic carbocycles. The van der Waals surface area contributed by atoms with Crippen molar-refractivity contribution in [2.24, 2.45) is 0 Å². The molecule has 1 heterocycles. The maximum atomic E-state index is 13.0. The molecule has 4 nitrogen and oxygen atoms in total. The maximum Gasteiger partial charge on any atom is 0.233 e. The minimum absolute atomic E-state index is 0.166. The van der Waals surface area contributed by atoms with Crippen molar-refractivity contribution in [3.05, 3.63) is 54.2 Å². The summed E-state index contributed by atoms with van der Waals surface area (Å²) in [5, 5.41) is 0. The summed E-state index contributed by atoms with van der Waals surface area (Å²) in [5.41, 5.74) is 7.28. The van der Waals surface area contributed by atoms with E-state index >= 15 is 0 Å². The Labute approximate surface area is 108 Å². The first kappa shape index (κ1) is 11.5. The molecule has 0 aliphatic heterocycles. The van der Waals surface area contributed by atoms with E-state index < -0.39 is 0 Å². The van der Waals surface area contributed by atoms with Crippen LogP contribution in [-0.2, 0) is 6.61 Å².